The Hall–Kier alpha value is -3.03. The highest BCUT2D eigenvalue weighted by Gasteiger charge is 2.20. The normalized spacial score (nSPS) is 11.3. The summed E-state index contributed by atoms with van der Waals surface area (Å²) in [6.45, 7) is 4.74. The first-order valence-electron chi connectivity index (χ1n) is 10.6. The van der Waals surface area contributed by atoms with Gasteiger partial charge in [0.05, 0.1) is 29.5 Å². The molecule has 0 N–H and O–H groups in total. The van der Waals surface area contributed by atoms with Gasteiger partial charge in [-0.1, -0.05) is 53.7 Å². The van der Waals surface area contributed by atoms with E-state index in [1.54, 1.807) is 41.2 Å². The van der Waals surface area contributed by atoms with Crippen molar-refractivity contribution in [2.24, 2.45) is 0 Å². The molecule has 170 valence electrons. The molecule has 0 saturated heterocycles. The molecular formula is C25H24ClN3O3S. The van der Waals surface area contributed by atoms with Crippen LogP contribution in [0.1, 0.15) is 25.2 Å². The van der Waals surface area contributed by atoms with Crippen molar-refractivity contribution in [2.45, 2.75) is 38.1 Å². The number of hydrogen-bond donors (Lipinski definition) is 0. The van der Waals surface area contributed by atoms with Gasteiger partial charge in [0.25, 0.3) is 5.56 Å². The number of furan rings is 1. The second-order valence-electron chi connectivity index (χ2n) is 7.92. The molecular weight excluding hydrogens is 458 g/mol. The molecule has 2 aromatic heterocycles. The van der Waals surface area contributed by atoms with Gasteiger partial charge in [0, 0.05) is 17.6 Å². The molecule has 8 heteroatoms. The zero-order chi connectivity index (χ0) is 23.4. The average molecular weight is 482 g/mol. The van der Waals surface area contributed by atoms with E-state index in [0.29, 0.717) is 33.4 Å². The molecule has 4 aromatic rings. The van der Waals surface area contributed by atoms with Crippen LogP contribution in [-0.2, 0) is 17.9 Å². The summed E-state index contributed by atoms with van der Waals surface area (Å²) < 4.78 is 6.99. The van der Waals surface area contributed by atoms with Crippen LogP contribution in [0.5, 0.6) is 0 Å². The Morgan fingerprint density at radius 1 is 1.15 bits per heavy atom. The number of nitrogens with zero attached hydrogens (tertiary/aromatic N) is 3. The van der Waals surface area contributed by atoms with Gasteiger partial charge >= 0.3 is 0 Å². The number of aromatic nitrogens is 2. The van der Waals surface area contributed by atoms with Gasteiger partial charge < -0.3 is 9.32 Å². The smallest absolute Gasteiger partial charge is 0.262 e. The van der Waals surface area contributed by atoms with Gasteiger partial charge in [-0.05, 0) is 49.7 Å². The fraction of sp³-hybridized carbons (Fsp3) is 0.240. The van der Waals surface area contributed by atoms with Gasteiger partial charge in [-0.2, -0.15) is 0 Å². The lowest BCUT2D eigenvalue weighted by Gasteiger charge is -2.27. The summed E-state index contributed by atoms with van der Waals surface area (Å²) in [4.78, 5) is 32.9. The van der Waals surface area contributed by atoms with Crippen molar-refractivity contribution in [2.75, 3.05) is 5.75 Å². The fourth-order valence-corrected chi connectivity index (χ4v) is 4.58. The molecule has 0 radical (unpaired) electrons. The van der Waals surface area contributed by atoms with Gasteiger partial charge in [-0.3, -0.25) is 14.2 Å². The minimum atomic E-state index is -0.201. The van der Waals surface area contributed by atoms with E-state index in [2.05, 4.69) is 4.98 Å². The molecule has 0 bridgehead atoms. The van der Waals surface area contributed by atoms with Gasteiger partial charge in [-0.15, -0.1) is 0 Å². The third-order valence-electron chi connectivity index (χ3n) is 5.24. The second-order valence-corrected chi connectivity index (χ2v) is 9.30. The number of thioether (sulfide) groups is 1. The Morgan fingerprint density at radius 3 is 2.64 bits per heavy atom. The summed E-state index contributed by atoms with van der Waals surface area (Å²) in [5.74, 6) is 0.763. The maximum Gasteiger partial charge on any atom is 0.262 e. The summed E-state index contributed by atoms with van der Waals surface area (Å²) in [6.07, 6.45) is 1.56. The summed E-state index contributed by atoms with van der Waals surface area (Å²) in [5, 5.41) is 1.41. The van der Waals surface area contributed by atoms with Crippen molar-refractivity contribution in [1.82, 2.24) is 14.5 Å². The Balaban J connectivity index is 1.62. The first kappa shape index (κ1) is 23.1. The number of amides is 1. The first-order valence-corrected chi connectivity index (χ1v) is 12.0. The zero-order valence-electron chi connectivity index (χ0n) is 18.4. The molecule has 0 aliphatic heterocycles. The van der Waals surface area contributed by atoms with Gasteiger partial charge in [0.2, 0.25) is 5.91 Å². The van der Waals surface area contributed by atoms with Crippen LogP contribution >= 0.6 is 23.4 Å². The molecule has 0 aliphatic rings. The molecule has 4 rings (SSSR count). The highest BCUT2D eigenvalue weighted by molar-refractivity contribution is 7.99. The predicted molar refractivity (Wildman–Crippen MR) is 132 cm³/mol. The number of benzene rings is 2. The Labute approximate surface area is 201 Å². The van der Waals surface area contributed by atoms with E-state index in [4.69, 9.17) is 16.0 Å². The molecule has 2 heterocycles. The van der Waals surface area contributed by atoms with Crippen molar-refractivity contribution >= 4 is 40.2 Å². The van der Waals surface area contributed by atoms with Crippen molar-refractivity contribution in [3.05, 3.63) is 93.6 Å². The van der Waals surface area contributed by atoms with Crippen LogP contribution in [0, 0.1) is 0 Å². The topological polar surface area (TPSA) is 68.3 Å². The number of carbonyl (C=O) groups excluding carboxylic acids is 1. The van der Waals surface area contributed by atoms with Crippen LogP contribution < -0.4 is 5.56 Å². The monoisotopic (exact) mass is 481 g/mol. The highest BCUT2D eigenvalue weighted by atomic mass is 35.5. The Morgan fingerprint density at radius 2 is 1.94 bits per heavy atom. The summed E-state index contributed by atoms with van der Waals surface area (Å²) >= 11 is 7.37. The second kappa shape index (κ2) is 10.3. The first-order chi connectivity index (χ1) is 15.9. The zero-order valence-corrected chi connectivity index (χ0v) is 20.0. The van der Waals surface area contributed by atoms with Gasteiger partial charge in [0.1, 0.15) is 5.76 Å². The molecule has 0 fully saturated rings. The fourth-order valence-electron chi connectivity index (χ4n) is 3.53. The SMILES string of the molecule is CC(C)N(Cc1ccccc1)C(=O)CSc1nc2cc(Cl)ccc2c(=O)n1Cc1ccco1. The van der Waals surface area contributed by atoms with Crippen LogP contribution in [-0.4, -0.2) is 32.2 Å². The lowest BCUT2D eigenvalue weighted by atomic mass is 10.2. The third-order valence-corrected chi connectivity index (χ3v) is 6.44. The molecule has 1 amide bonds. The molecule has 0 aliphatic carbocycles. The van der Waals surface area contributed by atoms with Crippen LogP contribution in [0.2, 0.25) is 5.02 Å². The molecule has 2 aromatic carbocycles. The molecule has 0 atom stereocenters. The number of hydrogen-bond acceptors (Lipinski definition) is 5. The van der Waals surface area contributed by atoms with Crippen LogP contribution in [0.4, 0.5) is 0 Å². The van der Waals surface area contributed by atoms with E-state index in [1.165, 1.54) is 11.8 Å². The minimum Gasteiger partial charge on any atom is -0.467 e. The third kappa shape index (κ3) is 5.49. The number of rotatable bonds is 8. The highest BCUT2D eigenvalue weighted by Crippen LogP contribution is 2.22. The molecule has 6 nitrogen and oxygen atoms in total. The Kier molecular flexibility index (Phi) is 7.20. The quantitative estimate of drug-likeness (QED) is 0.255. The predicted octanol–water partition coefficient (Wildman–Crippen LogP) is 5.22. The van der Waals surface area contributed by atoms with E-state index in [-0.39, 0.29) is 29.8 Å². The van der Waals surface area contributed by atoms with Crippen molar-refractivity contribution in [3.8, 4) is 0 Å². The average Bonchev–Trinajstić information content (AvgIpc) is 3.31. The standard InChI is InChI=1S/C25H24ClN3O3S/c1-17(2)28(14-18-7-4-3-5-8-18)23(30)16-33-25-27-22-13-19(26)10-11-21(22)24(31)29(25)15-20-9-6-12-32-20/h3-13,17H,14-16H2,1-2H3. The van der Waals surface area contributed by atoms with Crippen LogP contribution in [0.3, 0.4) is 0 Å². The lowest BCUT2D eigenvalue weighted by Crippen LogP contribution is -2.37. The summed E-state index contributed by atoms with van der Waals surface area (Å²) in [5.41, 5.74) is 1.37. The number of halogens is 1. The molecule has 33 heavy (non-hydrogen) atoms. The molecule has 0 saturated carbocycles. The van der Waals surface area contributed by atoms with Gasteiger partial charge in [-0.25, -0.2) is 4.98 Å². The van der Waals surface area contributed by atoms with Gasteiger partial charge in [0.15, 0.2) is 5.16 Å². The van der Waals surface area contributed by atoms with E-state index in [9.17, 15) is 9.59 Å². The number of fused-ring (bicyclic) bond motifs is 1. The lowest BCUT2D eigenvalue weighted by molar-refractivity contribution is -0.130. The van der Waals surface area contributed by atoms with Crippen LogP contribution in [0.15, 0.2) is 81.3 Å². The Bertz CT molecular complexity index is 1300. The van der Waals surface area contributed by atoms with Crippen molar-refractivity contribution in [1.29, 1.82) is 0 Å². The summed E-state index contributed by atoms with van der Waals surface area (Å²) in [6, 6.07) is 18.5. The van der Waals surface area contributed by atoms with E-state index in [0.717, 1.165) is 5.56 Å². The number of carbonyl (C=O) groups is 1. The largest absolute Gasteiger partial charge is 0.467 e. The maximum atomic E-state index is 13.2. The van der Waals surface area contributed by atoms with E-state index in [1.807, 2.05) is 49.1 Å². The van der Waals surface area contributed by atoms with E-state index < -0.39 is 0 Å². The maximum absolute atomic E-state index is 13.2. The van der Waals surface area contributed by atoms with Crippen LogP contribution in [0.25, 0.3) is 10.9 Å². The van der Waals surface area contributed by atoms with Crippen molar-refractivity contribution < 1.29 is 9.21 Å². The summed E-state index contributed by atoms with van der Waals surface area (Å²) in [7, 11) is 0. The molecule has 0 unspecified atom stereocenters. The van der Waals surface area contributed by atoms with Crippen molar-refractivity contribution in [3.63, 3.8) is 0 Å². The minimum absolute atomic E-state index is 0.0242. The molecule has 0 spiro atoms. The van der Waals surface area contributed by atoms with E-state index >= 15 is 0 Å².